The van der Waals surface area contributed by atoms with Crippen LogP contribution >= 0.6 is 0 Å². The zero-order chi connectivity index (χ0) is 11.1. The summed E-state index contributed by atoms with van der Waals surface area (Å²) in [5.41, 5.74) is 0. The number of carboxylic acid groups (broad SMARTS) is 1. The Bertz CT molecular complexity index is 226. The van der Waals surface area contributed by atoms with Gasteiger partial charge in [0, 0.05) is 0 Å². The lowest BCUT2D eigenvalue weighted by molar-refractivity contribution is -0.139. The monoisotopic (exact) mass is 200 g/mol. The van der Waals surface area contributed by atoms with Gasteiger partial charge in [-0.05, 0) is 18.5 Å². The van der Waals surface area contributed by atoms with Crippen LogP contribution in [0.15, 0.2) is 12.8 Å². The number of carboxylic acids is 1. The van der Waals surface area contributed by atoms with Crippen LogP contribution in [-0.2, 0) is 4.79 Å². The van der Waals surface area contributed by atoms with E-state index in [0.29, 0.717) is 6.42 Å². The first-order chi connectivity index (χ1) is 6.47. The third-order valence-electron chi connectivity index (χ3n) is 1.54. The lowest BCUT2D eigenvalue weighted by atomic mass is 10.0. The Morgan fingerprint density at radius 3 is 2.43 bits per heavy atom. The van der Waals surface area contributed by atoms with Crippen molar-refractivity contribution in [3.8, 4) is 0 Å². The molecular formula is C9H16N2O3. The molecule has 0 aliphatic rings. The zero-order valence-corrected chi connectivity index (χ0v) is 8.41. The quantitative estimate of drug-likeness (QED) is 0.617. The van der Waals surface area contributed by atoms with Crippen molar-refractivity contribution in [3.63, 3.8) is 0 Å². The molecule has 1 unspecified atom stereocenters. The van der Waals surface area contributed by atoms with Crippen molar-refractivity contribution in [2.45, 2.75) is 26.3 Å². The average molecular weight is 200 g/mol. The van der Waals surface area contributed by atoms with E-state index in [1.807, 2.05) is 13.8 Å². The van der Waals surface area contributed by atoms with Gasteiger partial charge in [0.05, 0.1) is 0 Å². The van der Waals surface area contributed by atoms with E-state index in [-0.39, 0.29) is 5.92 Å². The molecule has 0 saturated carbocycles. The van der Waals surface area contributed by atoms with E-state index in [2.05, 4.69) is 17.2 Å². The lowest BCUT2D eigenvalue weighted by Gasteiger charge is -2.15. The average Bonchev–Trinajstić information content (AvgIpc) is 2.02. The molecule has 0 aromatic rings. The van der Waals surface area contributed by atoms with Crippen molar-refractivity contribution >= 4 is 12.0 Å². The lowest BCUT2D eigenvalue weighted by Crippen LogP contribution is -2.45. The molecular weight excluding hydrogens is 184 g/mol. The van der Waals surface area contributed by atoms with Crippen LogP contribution in [0.25, 0.3) is 0 Å². The van der Waals surface area contributed by atoms with Crippen molar-refractivity contribution in [3.05, 3.63) is 12.8 Å². The van der Waals surface area contributed by atoms with Gasteiger partial charge in [0.25, 0.3) is 0 Å². The van der Waals surface area contributed by atoms with Gasteiger partial charge in [-0.15, -0.1) is 0 Å². The number of hydrogen-bond acceptors (Lipinski definition) is 2. The van der Waals surface area contributed by atoms with Crippen molar-refractivity contribution < 1.29 is 14.7 Å². The highest BCUT2D eigenvalue weighted by atomic mass is 16.4. The Morgan fingerprint density at radius 2 is 2.07 bits per heavy atom. The Morgan fingerprint density at radius 1 is 1.50 bits per heavy atom. The van der Waals surface area contributed by atoms with Gasteiger partial charge in [-0.1, -0.05) is 20.4 Å². The van der Waals surface area contributed by atoms with Gasteiger partial charge in [-0.25, -0.2) is 9.59 Å². The second-order valence-electron chi connectivity index (χ2n) is 3.34. The Balaban J connectivity index is 4.15. The third kappa shape index (κ3) is 5.18. The molecule has 0 aliphatic carbocycles. The number of hydrogen-bond donors (Lipinski definition) is 3. The zero-order valence-electron chi connectivity index (χ0n) is 8.41. The van der Waals surface area contributed by atoms with Gasteiger partial charge < -0.3 is 15.7 Å². The minimum Gasteiger partial charge on any atom is -0.480 e. The Labute approximate surface area is 83.2 Å². The number of rotatable bonds is 5. The number of carbonyl (C=O) groups excluding carboxylic acids is 1. The van der Waals surface area contributed by atoms with E-state index in [1.54, 1.807) is 0 Å². The maximum absolute atomic E-state index is 11.0. The fourth-order valence-electron chi connectivity index (χ4n) is 0.985. The molecule has 0 saturated heterocycles. The van der Waals surface area contributed by atoms with E-state index < -0.39 is 18.0 Å². The summed E-state index contributed by atoms with van der Waals surface area (Å²) in [6.07, 6.45) is 1.60. The summed E-state index contributed by atoms with van der Waals surface area (Å²) in [7, 11) is 0. The molecule has 14 heavy (non-hydrogen) atoms. The van der Waals surface area contributed by atoms with Gasteiger partial charge in [-0.2, -0.15) is 0 Å². The van der Waals surface area contributed by atoms with Crippen LogP contribution in [0.5, 0.6) is 0 Å². The minimum absolute atomic E-state index is 0.208. The topological polar surface area (TPSA) is 78.4 Å². The van der Waals surface area contributed by atoms with Crippen LogP contribution in [-0.4, -0.2) is 23.1 Å². The summed E-state index contributed by atoms with van der Waals surface area (Å²) in [5, 5.41) is 13.4. The summed E-state index contributed by atoms with van der Waals surface area (Å²) in [5.74, 6) is -0.821. The summed E-state index contributed by atoms with van der Waals surface area (Å²) in [6.45, 7) is 7.08. The molecule has 5 nitrogen and oxygen atoms in total. The molecule has 0 aromatic carbocycles. The molecule has 0 spiro atoms. The van der Waals surface area contributed by atoms with Crippen LogP contribution in [0.4, 0.5) is 4.79 Å². The SMILES string of the molecule is C=CNC(=O)NC(CC(C)C)C(=O)O. The normalized spacial score (nSPS) is 11.9. The molecule has 0 rings (SSSR count). The second-order valence-corrected chi connectivity index (χ2v) is 3.34. The highest BCUT2D eigenvalue weighted by Gasteiger charge is 2.20. The predicted octanol–water partition coefficient (Wildman–Crippen LogP) is 0.928. The molecule has 0 radical (unpaired) electrons. The van der Waals surface area contributed by atoms with Crippen molar-refractivity contribution in [2.24, 2.45) is 5.92 Å². The van der Waals surface area contributed by atoms with Crippen LogP contribution in [0.1, 0.15) is 20.3 Å². The van der Waals surface area contributed by atoms with Crippen molar-refractivity contribution in [2.75, 3.05) is 0 Å². The van der Waals surface area contributed by atoms with E-state index in [9.17, 15) is 9.59 Å². The van der Waals surface area contributed by atoms with Crippen LogP contribution in [0.2, 0.25) is 0 Å². The van der Waals surface area contributed by atoms with Gasteiger partial charge in [0.2, 0.25) is 0 Å². The Hall–Kier alpha value is -1.52. The molecule has 0 fully saturated rings. The standard InChI is InChI=1S/C9H16N2O3/c1-4-10-9(14)11-7(8(12)13)5-6(2)3/h4,6-7H,1,5H2,2-3H3,(H,12,13)(H2,10,11,14). The fourth-order valence-corrected chi connectivity index (χ4v) is 0.985. The third-order valence-corrected chi connectivity index (χ3v) is 1.54. The van der Waals surface area contributed by atoms with Crippen molar-refractivity contribution in [1.29, 1.82) is 0 Å². The number of urea groups is 1. The minimum atomic E-state index is -1.03. The predicted molar refractivity (Wildman–Crippen MR) is 52.7 cm³/mol. The highest BCUT2D eigenvalue weighted by Crippen LogP contribution is 2.04. The summed E-state index contributed by atoms with van der Waals surface area (Å²) < 4.78 is 0. The molecule has 5 heteroatoms. The molecule has 2 amide bonds. The molecule has 3 N–H and O–H groups in total. The first kappa shape index (κ1) is 12.5. The fraction of sp³-hybridized carbons (Fsp3) is 0.556. The maximum Gasteiger partial charge on any atom is 0.326 e. The number of carbonyl (C=O) groups is 2. The van der Waals surface area contributed by atoms with E-state index in [4.69, 9.17) is 5.11 Å². The van der Waals surface area contributed by atoms with Crippen molar-refractivity contribution in [1.82, 2.24) is 10.6 Å². The molecule has 1 atom stereocenters. The summed E-state index contributed by atoms with van der Waals surface area (Å²) in [6, 6.07) is -1.40. The first-order valence-corrected chi connectivity index (χ1v) is 4.38. The first-order valence-electron chi connectivity index (χ1n) is 4.38. The van der Waals surface area contributed by atoms with E-state index in [1.165, 1.54) is 6.20 Å². The van der Waals surface area contributed by atoms with Crippen LogP contribution < -0.4 is 10.6 Å². The maximum atomic E-state index is 11.0. The van der Waals surface area contributed by atoms with E-state index >= 15 is 0 Å². The number of aliphatic carboxylic acids is 1. The van der Waals surface area contributed by atoms with Gasteiger partial charge in [-0.3, -0.25) is 0 Å². The van der Waals surface area contributed by atoms with Gasteiger partial charge in [0.1, 0.15) is 6.04 Å². The summed E-state index contributed by atoms with van der Waals surface area (Å²) in [4.78, 5) is 21.7. The Kier molecular flexibility index (Phi) is 5.36. The van der Waals surface area contributed by atoms with Gasteiger partial charge in [0.15, 0.2) is 0 Å². The highest BCUT2D eigenvalue weighted by molar-refractivity contribution is 5.82. The van der Waals surface area contributed by atoms with Gasteiger partial charge >= 0.3 is 12.0 Å². The molecule has 80 valence electrons. The molecule has 0 aliphatic heterocycles. The number of amides is 2. The summed E-state index contributed by atoms with van der Waals surface area (Å²) >= 11 is 0. The van der Waals surface area contributed by atoms with Crippen LogP contribution in [0.3, 0.4) is 0 Å². The molecule has 0 aromatic heterocycles. The molecule has 0 heterocycles. The van der Waals surface area contributed by atoms with E-state index in [0.717, 1.165) is 0 Å². The smallest absolute Gasteiger partial charge is 0.326 e. The largest absolute Gasteiger partial charge is 0.480 e. The second kappa shape index (κ2) is 6.01. The van der Waals surface area contributed by atoms with Crippen LogP contribution in [0, 0.1) is 5.92 Å². The number of nitrogens with one attached hydrogen (secondary N) is 2. The molecule has 0 bridgehead atoms.